The van der Waals surface area contributed by atoms with E-state index in [1.165, 1.54) is 6.07 Å². The van der Waals surface area contributed by atoms with Gasteiger partial charge in [0.05, 0.1) is 17.0 Å². The predicted molar refractivity (Wildman–Crippen MR) is 81.1 cm³/mol. The molecule has 2 aromatic carbocycles. The van der Waals surface area contributed by atoms with Crippen LogP contribution in [0.15, 0.2) is 42.5 Å². The van der Waals surface area contributed by atoms with E-state index in [9.17, 15) is 4.39 Å². The lowest BCUT2D eigenvalue weighted by molar-refractivity contribution is 0.202. The minimum atomic E-state index is -0.551. The SMILES string of the molecule is COCCc1ccc(C(Cl)c2cccc(Cl)c2F)cc1. The number of ether oxygens (including phenoxy) is 1. The van der Waals surface area contributed by atoms with Crippen LogP contribution in [-0.2, 0) is 11.2 Å². The maximum absolute atomic E-state index is 14.0. The molecule has 0 aromatic heterocycles. The normalized spacial score (nSPS) is 12.4. The van der Waals surface area contributed by atoms with E-state index in [2.05, 4.69) is 0 Å². The van der Waals surface area contributed by atoms with Crippen LogP contribution in [0.3, 0.4) is 0 Å². The summed E-state index contributed by atoms with van der Waals surface area (Å²) in [5, 5.41) is -0.463. The Labute approximate surface area is 128 Å². The molecule has 0 saturated carbocycles. The second kappa shape index (κ2) is 7.07. The number of rotatable bonds is 5. The first kappa shape index (κ1) is 15.3. The maximum Gasteiger partial charge on any atom is 0.146 e. The molecule has 1 unspecified atom stereocenters. The zero-order chi connectivity index (χ0) is 14.5. The Balaban J connectivity index is 2.20. The lowest BCUT2D eigenvalue weighted by Crippen LogP contribution is -1.99. The maximum atomic E-state index is 14.0. The van der Waals surface area contributed by atoms with Gasteiger partial charge in [-0.25, -0.2) is 4.39 Å². The zero-order valence-electron chi connectivity index (χ0n) is 11.1. The number of alkyl halides is 1. The highest BCUT2D eigenvalue weighted by Gasteiger charge is 2.16. The molecule has 0 bridgehead atoms. The van der Waals surface area contributed by atoms with E-state index in [0.717, 1.165) is 17.5 Å². The molecule has 0 heterocycles. The summed E-state index contributed by atoms with van der Waals surface area (Å²) in [6.07, 6.45) is 0.843. The lowest BCUT2D eigenvalue weighted by atomic mass is 10.0. The molecular weight excluding hydrogens is 298 g/mol. The van der Waals surface area contributed by atoms with Crippen molar-refractivity contribution < 1.29 is 9.13 Å². The molecule has 0 N–H and O–H groups in total. The topological polar surface area (TPSA) is 9.23 Å². The lowest BCUT2D eigenvalue weighted by Gasteiger charge is -2.12. The Morgan fingerprint density at radius 1 is 1.15 bits per heavy atom. The highest BCUT2D eigenvalue weighted by molar-refractivity contribution is 6.31. The molecule has 0 radical (unpaired) electrons. The minimum absolute atomic E-state index is 0.0878. The largest absolute Gasteiger partial charge is 0.384 e. The van der Waals surface area contributed by atoms with Crippen LogP contribution in [0.4, 0.5) is 4.39 Å². The highest BCUT2D eigenvalue weighted by atomic mass is 35.5. The molecule has 1 nitrogen and oxygen atoms in total. The Hall–Kier alpha value is -1.09. The number of halogens is 3. The molecular formula is C16H15Cl2FO. The number of hydrogen-bond acceptors (Lipinski definition) is 1. The molecule has 2 aromatic rings. The zero-order valence-corrected chi connectivity index (χ0v) is 12.6. The van der Waals surface area contributed by atoms with Crippen LogP contribution in [-0.4, -0.2) is 13.7 Å². The van der Waals surface area contributed by atoms with E-state index in [1.807, 2.05) is 24.3 Å². The van der Waals surface area contributed by atoms with Crippen LogP contribution in [0, 0.1) is 5.82 Å². The van der Waals surface area contributed by atoms with E-state index in [1.54, 1.807) is 19.2 Å². The van der Waals surface area contributed by atoms with E-state index in [4.69, 9.17) is 27.9 Å². The van der Waals surface area contributed by atoms with Crippen molar-refractivity contribution >= 4 is 23.2 Å². The molecule has 0 saturated heterocycles. The predicted octanol–water partition coefficient (Wildman–Crippen LogP) is 5.00. The standard InChI is InChI=1S/C16H15Cl2FO/c1-20-10-9-11-5-7-12(8-6-11)15(18)13-3-2-4-14(17)16(13)19/h2-8,15H,9-10H2,1H3. The average Bonchev–Trinajstić information content (AvgIpc) is 2.48. The summed E-state index contributed by atoms with van der Waals surface area (Å²) in [5.41, 5.74) is 2.39. The first-order valence-corrected chi connectivity index (χ1v) is 7.10. The van der Waals surface area contributed by atoms with Crippen molar-refractivity contribution in [1.29, 1.82) is 0 Å². The van der Waals surface area contributed by atoms with Gasteiger partial charge in [0, 0.05) is 12.7 Å². The summed E-state index contributed by atoms with van der Waals surface area (Å²) in [6, 6.07) is 12.6. The monoisotopic (exact) mass is 312 g/mol. The summed E-state index contributed by atoms with van der Waals surface area (Å²) in [6.45, 7) is 0.673. The fourth-order valence-corrected chi connectivity index (χ4v) is 2.46. The average molecular weight is 313 g/mol. The van der Waals surface area contributed by atoms with Gasteiger partial charge in [0.2, 0.25) is 0 Å². The highest BCUT2D eigenvalue weighted by Crippen LogP contribution is 2.33. The first-order valence-electron chi connectivity index (χ1n) is 6.29. The van der Waals surface area contributed by atoms with Gasteiger partial charge in [-0.1, -0.05) is 48.0 Å². The van der Waals surface area contributed by atoms with Crippen molar-refractivity contribution in [3.8, 4) is 0 Å². The fraction of sp³-hybridized carbons (Fsp3) is 0.250. The van der Waals surface area contributed by atoms with E-state index < -0.39 is 11.2 Å². The van der Waals surface area contributed by atoms with Gasteiger partial charge in [-0.05, 0) is 23.6 Å². The molecule has 1 atom stereocenters. The summed E-state index contributed by atoms with van der Waals surface area (Å²) >= 11 is 12.1. The van der Waals surface area contributed by atoms with Gasteiger partial charge in [-0.15, -0.1) is 11.6 Å². The van der Waals surface area contributed by atoms with Crippen molar-refractivity contribution in [1.82, 2.24) is 0 Å². The number of benzene rings is 2. The van der Waals surface area contributed by atoms with E-state index >= 15 is 0 Å². The third kappa shape index (κ3) is 3.51. The third-order valence-electron chi connectivity index (χ3n) is 3.12. The second-order valence-corrected chi connectivity index (χ2v) is 5.33. The van der Waals surface area contributed by atoms with E-state index in [-0.39, 0.29) is 5.02 Å². The molecule has 0 fully saturated rings. The molecule has 0 aliphatic heterocycles. The van der Waals surface area contributed by atoms with E-state index in [0.29, 0.717) is 12.2 Å². The van der Waals surface area contributed by atoms with Crippen LogP contribution in [0.5, 0.6) is 0 Å². The van der Waals surface area contributed by atoms with Gasteiger partial charge in [0.25, 0.3) is 0 Å². The molecule has 0 amide bonds. The van der Waals surface area contributed by atoms with Gasteiger partial charge in [-0.2, -0.15) is 0 Å². The van der Waals surface area contributed by atoms with Crippen molar-refractivity contribution in [2.45, 2.75) is 11.8 Å². The van der Waals surface area contributed by atoms with Crippen molar-refractivity contribution in [3.05, 3.63) is 70.0 Å². The van der Waals surface area contributed by atoms with Crippen LogP contribution < -0.4 is 0 Å². The Morgan fingerprint density at radius 2 is 1.85 bits per heavy atom. The van der Waals surface area contributed by atoms with Crippen molar-refractivity contribution in [2.24, 2.45) is 0 Å². The van der Waals surface area contributed by atoms with Crippen molar-refractivity contribution in [3.63, 3.8) is 0 Å². The molecule has 20 heavy (non-hydrogen) atoms. The van der Waals surface area contributed by atoms with Gasteiger partial charge >= 0.3 is 0 Å². The number of methoxy groups -OCH3 is 1. The summed E-state index contributed by atoms with van der Waals surface area (Å²) < 4.78 is 19.0. The molecule has 4 heteroatoms. The molecule has 0 aliphatic carbocycles. The first-order chi connectivity index (χ1) is 9.63. The third-order valence-corrected chi connectivity index (χ3v) is 3.90. The summed E-state index contributed by atoms with van der Waals surface area (Å²) in [7, 11) is 1.67. The van der Waals surface area contributed by atoms with Gasteiger partial charge < -0.3 is 4.74 Å². The van der Waals surface area contributed by atoms with Crippen LogP contribution >= 0.6 is 23.2 Å². The van der Waals surface area contributed by atoms with Crippen LogP contribution in [0.25, 0.3) is 0 Å². The molecule has 106 valence electrons. The Morgan fingerprint density at radius 3 is 2.50 bits per heavy atom. The second-order valence-electron chi connectivity index (χ2n) is 4.49. The fourth-order valence-electron chi connectivity index (χ4n) is 1.97. The molecule has 0 aliphatic rings. The quantitative estimate of drug-likeness (QED) is 0.706. The molecule has 2 rings (SSSR count). The van der Waals surface area contributed by atoms with Crippen LogP contribution in [0.1, 0.15) is 22.1 Å². The molecule has 0 spiro atoms. The number of hydrogen-bond donors (Lipinski definition) is 0. The van der Waals surface area contributed by atoms with Gasteiger partial charge in [0.1, 0.15) is 5.82 Å². The van der Waals surface area contributed by atoms with Crippen LogP contribution in [0.2, 0.25) is 5.02 Å². The van der Waals surface area contributed by atoms with Crippen molar-refractivity contribution in [2.75, 3.05) is 13.7 Å². The van der Waals surface area contributed by atoms with Gasteiger partial charge in [0.15, 0.2) is 0 Å². The Kier molecular flexibility index (Phi) is 5.41. The smallest absolute Gasteiger partial charge is 0.146 e. The minimum Gasteiger partial charge on any atom is -0.384 e. The summed E-state index contributed by atoms with van der Waals surface area (Å²) in [4.78, 5) is 0. The Bertz CT molecular complexity index is 569. The van der Waals surface area contributed by atoms with Gasteiger partial charge in [-0.3, -0.25) is 0 Å². The summed E-state index contributed by atoms with van der Waals surface area (Å²) in [5.74, 6) is -0.461.